The number of hydrogen-bond acceptors (Lipinski definition) is 2. The van der Waals surface area contributed by atoms with Gasteiger partial charge in [-0.25, -0.2) is 0 Å². The first-order valence-electron chi connectivity index (χ1n) is 8.25. The number of allylic oxidation sites excluding steroid dienone is 1. The lowest BCUT2D eigenvalue weighted by molar-refractivity contribution is -0.0800. The summed E-state index contributed by atoms with van der Waals surface area (Å²) < 4.78 is 0. The molecular weight excluding hydrogens is 248 g/mol. The standard InChI is InChI=1S/C16H36N2Si/c1-7-16(17(8-2)9-3,18(10-4)11-5)15(6)13-12-14-19/h12-13,15H,7-11,14H2,1-6,19H3/b13-12+. The van der Waals surface area contributed by atoms with Gasteiger partial charge in [-0.3, -0.25) is 9.80 Å². The summed E-state index contributed by atoms with van der Waals surface area (Å²) in [7, 11) is 1.27. The minimum atomic E-state index is 0.181. The van der Waals surface area contributed by atoms with Gasteiger partial charge in [-0.05, 0) is 38.6 Å². The minimum absolute atomic E-state index is 0.181. The fraction of sp³-hybridized carbons (Fsp3) is 0.875. The topological polar surface area (TPSA) is 6.48 Å². The van der Waals surface area contributed by atoms with E-state index in [1.165, 1.54) is 22.7 Å². The molecule has 0 aromatic heterocycles. The third-order valence-electron chi connectivity index (χ3n) is 4.53. The second-order valence-electron chi connectivity index (χ2n) is 5.20. The Balaban J connectivity index is 5.56. The average Bonchev–Trinajstić information content (AvgIpc) is 2.44. The van der Waals surface area contributed by atoms with Crippen LogP contribution in [0.15, 0.2) is 12.2 Å². The van der Waals surface area contributed by atoms with Crippen LogP contribution >= 0.6 is 0 Å². The highest BCUT2D eigenvalue weighted by Crippen LogP contribution is 2.33. The SMILES string of the molecule is CCN(CC)C(CC)(C(C)/C=C/C[SiH3])N(CC)CC. The van der Waals surface area contributed by atoms with E-state index in [1.54, 1.807) is 0 Å². The largest absolute Gasteiger partial charge is 0.285 e. The van der Waals surface area contributed by atoms with Crippen molar-refractivity contribution in [3.05, 3.63) is 12.2 Å². The summed E-state index contributed by atoms with van der Waals surface area (Å²) in [6, 6.07) is 1.26. The van der Waals surface area contributed by atoms with Crippen molar-refractivity contribution >= 4 is 10.2 Å². The zero-order valence-corrected chi connectivity index (χ0v) is 16.4. The molecule has 0 aromatic rings. The molecule has 3 heteroatoms. The van der Waals surface area contributed by atoms with Crippen molar-refractivity contribution in [2.24, 2.45) is 5.92 Å². The van der Waals surface area contributed by atoms with E-state index in [0.717, 1.165) is 26.2 Å². The van der Waals surface area contributed by atoms with Crippen LogP contribution in [0.1, 0.15) is 48.0 Å². The summed E-state index contributed by atoms with van der Waals surface area (Å²) in [6.45, 7) is 18.4. The van der Waals surface area contributed by atoms with Gasteiger partial charge in [0, 0.05) is 16.2 Å². The Bertz CT molecular complexity index is 233. The lowest BCUT2D eigenvalue weighted by Crippen LogP contribution is -2.63. The van der Waals surface area contributed by atoms with E-state index in [0.29, 0.717) is 5.92 Å². The van der Waals surface area contributed by atoms with Gasteiger partial charge in [0.15, 0.2) is 0 Å². The quantitative estimate of drug-likeness (QED) is 0.346. The molecule has 1 atom stereocenters. The highest BCUT2D eigenvalue weighted by Gasteiger charge is 2.41. The third-order valence-corrected chi connectivity index (χ3v) is 5.00. The molecule has 0 rings (SSSR count). The summed E-state index contributed by atoms with van der Waals surface area (Å²) in [6.07, 6.45) is 6.02. The molecule has 0 spiro atoms. The van der Waals surface area contributed by atoms with Crippen LogP contribution < -0.4 is 0 Å². The highest BCUT2D eigenvalue weighted by atomic mass is 28.1. The molecule has 0 radical (unpaired) electrons. The van der Waals surface area contributed by atoms with E-state index in [4.69, 9.17) is 0 Å². The van der Waals surface area contributed by atoms with Crippen molar-refractivity contribution in [1.82, 2.24) is 9.80 Å². The zero-order chi connectivity index (χ0) is 14.9. The summed E-state index contributed by atoms with van der Waals surface area (Å²) in [4.78, 5) is 5.31. The molecule has 0 heterocycles. The monoisotopic (exact) mass is 284 g/mol. The molecule has 0 aliphatic heterocycles. The second-order valence-corrected chi connectivity index (χ2v) is 6.02. The Kier molecular flexibility index (Phi) is 9.67. The first kappa shape index (κ1) is 18.9. The van der Waals surface area contributed by atoms with Crippen LogP contribution in [-0.2, 0) is 0 Å². The molecule has 0 aliphatic rings. The molecule has 0 saturated carbocycles. The van der Waals surface area contributed by atoms with Crippen molar-refractivity contribution < 1.29 is 0 Å². The predicted molar refractivity (Wildman–Crippen MR) is 91.9 cm³/mol. The summed E-state index contributed by atoms with van der Waals surface area (Å²) in [5, 5.41) is 0. The molecule has 0 bridgehead atoms. The summed E-state index contributed by atoms with van der Waals surface area (Å²) in [5.41, 5.74) is 0.181. The molecule has 19 heavy (non-hydrogen) atoms. The molecule has 0 aliphatic carbocycles. The Morgan fingerprint density at radius 1 is 0.947 bits per heavy atom. The van der Waals surface area contributed by atoms with E-state index < -0.39 is 0 Å². The Morgan fingerprint density at radius 3 is 1.63 bits per heavy atom. The van der Waals surface area contributed by atoms with Crippen LogP contribution in [0, 0.1) is 5.92 Å². The number of hydrogen-bond donors (Lipinski definition) is 0. The van der Waals surface area contributed by atoms with E-state index in [2.05, 4.69) is 63.5 Å². The van der Waals surface area contributed by atoms with E-state index in [9.17, 15) is 0 Å². The van der Waals surface area contributed by atoms with Crippen molar-refractivity contribution in [3.8, 4) is 0 Å². The molecular formula is C16H36N2Si. The molecule has 0 fully saturated rings. The van der Waals surface area contributed by atoms with E-state index in [1.807, 2.05) is 0 Å². The minimum Gasteiger partial charge on any atom is -0.285 e. The van der Waals surface area contributed by atoms with Crippen LogP contribution in [0.2, 0.25) is 6.04 Å². The predicted octanol–water partition coefficient (Wildman–Crippen LogP) is 2.75. The van der Waals surface area contributed by atoms with Crippen LogP contribution in [0.3, 0.4) is 0 Å². The molecule has 0 aromatic carbocycles. The van der Waals surface area contributed by atoms with Gasteiger partial charge in [-0.2, -0.15) is 0 Å². The van der Waals surface area contributed by atoms with Crippen LogP contribution in [0.25, 0.3) is 0 Å². The van der Waals surface area contributed by atoms with Gasteiger partial charge in [0.05, 0.1) is 5.66 Å². The van der Waals surface area contributed by atoms with Gasteiger partial charge in [0.2, 0.25) is 0 Å². The van der Waals surface area contributed by atoms with Crippen molar-refractivity contribution in [3.63, 3.8) is 0 Å². The highest BCUT2D eigenvalue weighted by molar-refractivity contribution is 6.09. The third kappa shape index (κ3) is 4.17. The molecule has 2 nitrogen and oxygen atoms in total. The van der Waals surface area contributed by atoms with Crippen LogP contribution in [-0.4, -0.2) is 51.9 Å². The Labute approximate surface area is 124 Å². The van der Waals surface area contributed by atoms with Gasteiger partial charge in [-0.1, -0.05) is 53.7 Å². The fourth-order valence-corrected chi connectivity index (χ4v) is 3.85. The van der Waals surface area contributed by atoms with Gasteiger partial charge < -0.3 is 0 Å². The molecule has 1 unspecified atom stereocenters. The number of rotatable bonds is 10. The van der Waals surface area contributed by atoms with Crippen molar-refractivity contribution in [1.29, 1.82) is 0 Å². The molecule has 0 saturated heterocycles. The maximum atomic E-state index is 2.65. The molecule has 114 valence electrons. The maximum Gasteiger partial charge on any atom is 0.0796 e. The summed E-state index contributed by atoms with van der Waals surface area (Å²) >= 11 is 0. The summed E-state index contributed by atoms with van der Waals surface area (Å²) in [5.74, 6) is 0.575. The molecule has 0 N–H and O–H groups in total. The van der Waals surface area contributed by atoms with Gasteiger partial charge in [0.25, 0.3) is 0 Å². The average molecular weight is 285 g/mol. The van der Waals surface area contributed by atoms with Gasteiger partial charge in [0.1, 0.15) is 0 Å². The fourth-order valence-electron chi connectivity index (χ4n) is 3.58. The van der Waals surface area contributed by atoms with Crippen molar-refractivity contribution in [2.75, 3.05) is 26.2 Å². The zero-order valence-electron chi connectivity index (χ0n) is 14.4. The first-order valence-corrected chi connectivity index (χ1v) is 9.66. The Hall–Kier alpha value is -0.123. The smallest absolute Gasteiger partial charge is 0.0796 e. The lowest BCUT2D eigenvalue weighted by atomic mass is 9.86. The Morgan fingerprint density at radius 2 is 1.37 bits per heavy atom. The van der Waals surface area contributed by atoms with Crippen molar-refractivity contribution in [2.45, 2.75) is 59.7 Å². The normalized spacial score (nSPS) is 14.9. The van der Waals surface area contributed by atoms with Gasteiger partial charge in [-0.15, -0.1) is 0 Å². The van der Waals surface area contributed by atoms with E-state index >= 15 is 0 Å². The maximum absolute atomic E-state index is 2.65. The lowest BCUT2D eigenvalue weighted by Gasteiger charge is -2.53. The second kappa shape index (κ2) is 9.73. The van der Waals surface area contributed by atoms with Crippen LogP contribution in [0.4, 0.5) is 0 Å². The van der Waals surface area contributed by atoms with E-state index in [-0.39, 0.29) is 5.66 Å². The van der Waals surface area contributed by atoms with Gasteiger partial charge >= 0.3 is 0 Å². The first-order chi connectivity index (χ1) is 9.08. The molecule has 0 amide bonds. The number of nitrogens with zero attached hydrogens (tertiary/aromatic N) is 2. The van der Waals surface area contributed by atoms with Crippen LogP contribution in [0.5, 0.6) is 0 Å².